The number of methoxy groups -OCH3 is 1. The van der Waals surface area contributed by atoms with Crippen molar-refractivity contribution in [1.29, 1.82) is 0 Å². The number of ether oxygens (including phenoxy) is 3. The van der Waals surface area contributed by atoms with Crippen LogP contribution in [0, 0.1) is 9.39 Å². The normalized spacial score (nSPS) is 14.6. The zero-order valence-electron chi connectivity index (χ0n) is 15.7. The summed E-state index contributed by atoms with van der Waals surface area (Å²) in [5, 5.41) is 0. The van der Waals surface area contributed by atoms with E-state index in [4.69, 9.17) is 18.6 Å². The number of cyclic esters (lactones) is 1. The SMILES string of the molecule is COc1cc(/C=C2\N=C(c3ccco3)OC2=O)cc(I)c1OCc1ccccc1F. The van der Waals surface area contributed by atoms with Crippen LogP contribution >= 0.6 is 22.6 Å². The molecule has 2 heterocycles. The Morgan fingerprint density at radius 2 is 2.03 bits per heavy atom. The predicted molar refractivity (Wildman–Crippen MR) is 116 cm³/mol. The van der Waals surface area contributed by atoms with Gasteiger partial charge in [-0.15, -0.1) is 0 Å². The van der Waals surface area contributed by atoms with Gasteiger partial charge in [-0.2, -0.15) is 0 Å². The van der Waals surface area contributed by atoms with Crippen molar-refractivity contribution in [3.63, 3.8) is 0 Å². The van der Waals surface area contributed by atoms with Gasteiger partial charge in [0.05, 0.1) is 16.9 Å². The third kappa shape index (κ3) is 4.23. The summed E-state index contributed by atoms with van der Waals surface area (Å²) in [5.41, 5.74) is 1.25. The van der Waals surface area contributed by atoms with Crippen LogP contribution in [0.1, 0.15) is 16.9 Å². The van der Waals surface area contributed by atoms with Crippen LogP contribution in [-0.2, 0) is 16.1 Å². The highest BCUT2D eigenvalue weighted by atomic mass is 127. The lowest BCUT2D eigenvalue weighted by Gasteiger charge is -2.14. The number of nitrogens with zero attached hydrogens (tertiary/aromatic N) is 1. The Balaban J connectivity index is 1.60. The molecule has 0 atom stereocenters. The Hall–Kier alpha value is -3.14. The van der Waals surface area contributed by atoms with Crippen LogP contribution in [0.4, 0.5) is 4.39 Å². The van der Waals surface area contributed by atoms with Gasteiger partial charge >= 0.3 is 5.97 Å². The fourth-order valence-electron chi connectivity index (χ4n) is 2.80. The molecule has 0 fully saturated rings. The van der Waals surface area contributed by atoms with E-state index < -0.39 is 5.97 Å². The fraction of sp³-hybridized carbons (Fsp3) is 0.0909. The van der Waals surface area contributed by atoms with E-state index in [-0.39, 0.29) is 24.0 Å². The van der Waals surface area contributed by atoms with Crippen LogP contribution in [0.25, 0.3) is 6.08 Å². The highest BCUT2D eigenvalue weighted by molar-refractivity contribution is 14.1. The lowest BCUT2D eigenvalue weighted by atomic mass is 10.1. The number of hydrogen-bond acceptors (Lipinski definition) is 6. The van der Waals surface area contributed by atoms with Gasteiger partial charge in [0.2, 0.25) is 0 Å². The molecule has 0 unspecified atom stereocenters. The lowest BCUT2D eigenvalue weighted by Crippen LogP contribution is -2.04. The number of carbonyl (C=O) groups excluding carboxylic acids is 1. The first-order chi connectivity index (χ1) is 14.5. The summed E-state index contributed by atoms with van der Waals surface area (Å²) in [6.45, 7) is 0.0581. The number of hydrogen-bond donors (Lipinski definition) is 0. The molecule has 30 heavy (non-hydrogen) atoms. The van der Waals surface area contributed by atoms with Gasteiger partial charge in [-0.3, -0.25) is 0 Å². The molecule has 6 nitrogen and oxygen atoms in total. The van der Waals surface area contributed by atoms with Crippen molar-refractivity contribution in [3.05, 3.63) is 86.8 Å². The Morgan fingerprint density at radius 3 is 2.77 bits per heavy atom. The van der Waals surface area contributed by atoms with E-state index in [1.165, 1.54) is 19.4 Å². The summed E-state index contributed by atoms with van der Waals surface area (Å²) in [6, 6.07) is 13.3. The molecule has 0 aliphatic carbocycles. The van der Waals surface area contributed by atoms with Gasteiger partial charge in [-0.1, -0.05) is 18.2 Å². The quantitative estimate of drug-likeness (QED) is 0.262. The first-order valence-electron chi connectivity index (χ1n) is 8.85. The van der Waals surface area contributed by atoms with E-state index in [1.54, 1.807) is 48.5 Å². The Labute approximate surface area is 185 Å². The molecule has 3 aromatic rings. The van der Waals surface area contributed by atoms with E-state index in [0.29, 0.717) is 28.4 Å². The molecule has 0 saturated heterocycles. The molecular formula is C22H15FINO5. The third-order valence-corrected chi connectivity index (χ3v) is 5.04. The van der Waals surface area contributed by atoms with Crippen molar-refractivity contribution < 1.29 is 27.8 Å². The second-order valence-corrected chi connectivity index (χ2v) is 7.39. The maximum absolute atomic E-state index is 13.9. The monoisotopic (exact) mass is 519 g/mol. The summed E-state index contributed by atoms with van der Waals surface area (Å²) in [7, 11) is 1.51. The largest absolute Gasteiger partial charge is 0.493 e. The van der Waals surface area contributed by atoms with E-state index in [2.05, 4.69) is 27.6 Å². The highest BCUT2D eigenvalue weighted by Crippen LogP contribution is 2.35. The molecule has 2 aromatic carbocycles. The van der Waals surface area contributed by atoms with Crippen molar-refractivity contribution in [3.8, 4) is 11.5 Å². The van der Waals surface area contributed by atoms with E-state index >= 15 is 0 Å². The maximum atomic E-state index is 13.9. The molecule has 0 spiro atoms. The average molecular weight is 519 g/mol. The van der Waals surface area contributed by atoms with Gasteiger partial charge in [0.25, 0.3) is 5.90 Å². The summed E-state index contributed by atoms with van der Waals surface area (Å²) in [4.78, 5) is 16.3. The second-order valence-electron chi connectivity index (χ2n) is 6.23. The third-order valence-electron chi connectivity index (χ3n) is 4.24. The van der Waals surface area contributed by atoms with Gasteiger partial charge in [-0.25, -0.2) is 14.2 Å². The van der Waals surface area contributed by atoms with Gasteiger partial charge in [0.1, 0.15) is 12.4 Å². The molecule has 1 aliphatic heterocycles. The van der Waals surface area contributed by atoms with Crippen LogP contribution in [0.2, 0.25) is 0 Å². The van der Waals surface area contributed by atoms with Gasteiger partial charge in [0, 0.05) is 5.56 Å². The van der Waals surface area contributed by atoms with Gasteiger partial charge in [-0.05, 0) is 64.6 Å². The smallest absolute Gasteiger partial charge is 0.363 e. The molecule has 0 N–H and O–H groups in total. The summed E-state index contributed by atoms with van der Waals surface area (Å²) >= 11 is 2.10. The molecule has 4 rings (SSSR count). The highest BCUT2D eigenvalue weighted by Gasteiger charge is 2.26. The van der Waals surface area contributed by atoms with Crippen LogP contribution in [0.5, 0.6) is 11.5 Å². The molecule has 0 saturated carbocycles. The van der Waals surface area contributed by atoms with Crippen molar-refractivity contribution >= 4 is 40.5 Å². The zero-order valence-corrected chi connectivity index (χ0v) is 17.9. The average Bonchev–Trinajstić information content (AvgIpc) is 3.38. The number of halogens is 2. The standard InChI is InChI=1S/C22H15FINO5/c1-27-19-11-13(10-17-22(26)30-21(25-17)18-7-4-8-28-18)9-16(24)20(19)29-12-14-5-2-3-6-15(14)23/h2-11H,12H2,1H3/b17-10-. The Kier molecular flexibility index (Phi) is 5.84. The van der Waals surface area contributed by atoms with E-state index in [1.807, 2.05) is 0 Å². The second kappa shape index (κ2) is 8.70. The maximum Gasteiger partial charge on any atom is 0.363 e. The van der Waals surface area contributed by atoms with Crippen LogP contribution < -0.4 is 9.47 Å². The van der Waals surface area contributed by atoms with Gasteiger partial charge < -0.3 is 18.6 Å². The molecule has 0 bridgehead atoms. The summed E-state index contributed by atoms with van der Waals surface area (Å²) in [6.07, 6.45) is 3.06. The van der Waals surface area contributed by atoms with Gasteiger partial charge in [0.15, 0.2) is 23.0 Å². The van der Waals surface area contributed by atoms with E-state index in [9.17, 15) is 9.18 Å². The van der Waals surface area contributed by atoms with Crippen LogP contribution in [0.15, 0.2) is 69.9 Å². The van der Waals surface area contributed by atoms with Crippen molar-refractivity contribution in [2.45, 2.75) is 6.61 Å². The Bertz CT molecular complexity index is 1150. The van der Waals surface area contributed by atoms with E-state index in [0.717, 1.165) is 3.57 Å². The molecule has 152 valence electrons. The number of aliphatic imine (C=N–C) groups is 1. The molecule has 0 radical (unpaired) electrons. The summed E-state index contributed by atoms with van der Waals surface area (Å²) in [5.74, 6) is 0.510. The first-order valence-corrected chi connectivity index (χ1v) is 9.93. The molecule has 0 amide bonds. The Morgan fingerprint density at radius 1 is 1.20 bits per heavy atom. The molecular weight excluding hydrogens is 504 g/mol. The number of furan rings is 1. The fourth-order valence-corrected chi connectivity index (χ4v) is 3.58. The minimum atomic E-state index is -0.574. The van der Waals surface area contributed by atoms with Crippen molar-refractivity contribution in [2.24, 2.45) is 4.99 Å². The zero-order chi connectivity index (χ0) is 21.1. The number of carbonyl (C=O) groups is 1. The molecule has 8 heteroatoms. The topological polar surface area (TPSA) is 70.3 Å². The minimum Gasteiger partial charge on any atom is -0.493 e. The van der Waals surface area contributed by atoms with Crippen molar-refractivity contribution in [1.82, 2.24) is 0 Å². The van der Waals surface area contributed by atoms with Crippen LogP contribution in [0.3, 0.4) is 0 Å². The predicted octanol–water partition coefficient (Wildman–Crippen LogP) is 4.96. The van der Waals surface area contributed by atoms with Crippen molar-refractivity contribution in [2.75, 3.05) is 7.11 Å². The number of benzene rings is 2. The molecule has 1 aromatic heterocycles. The first kappa shape index (κ1) is 20.1. The lowest BCUT2D eigenvalue weighted by molar-refractivity contribution is -0.130. The summed E-state index contributed by atoms with van der Waals surface area (Å²) < 4.78 is 36.2. The minimum absolute atomic E-state index is 0.0581. The number of rotatable bonds is 6. The molecule has 1 aliphatic rings. The number of esters is 1. The van der Waals surface area contributed by atoms with Crippen LogP contribution in [-0.4, -0.2) is 19.0 Å².